The quantitative estimate of drug-likeness (QED) is 0.943. The van der Waals surface area contributed by atoms with Gasteiger partial charge in [-0.25, -0.2) is 0 Å². The Bertz CT molecular complexity index is 588. The first-order chi connectivity index (χ1) is 9.34. The maximum Gasteiger partial charge on any atom is 0.416 e. The number of hydrogen-bond donors (Lipinski definition) is 1. The Morgan fingerprint density at radius 1 is 1.15 bits per heavy atom. The van der Waals surface area contributed by atoms with Gasteiger partial charge in [0, 0.05) is 11.6 Å². The van der Waals surface area contributed by atoms with Gasteiger partial charge in [0.2, 0.25) is 0 Å². The van der Waals surface area contributed by atoms with Crippen LogP contribution in [0, 0.1) is 0 Å². The van der Waals surface area contributed by atoms with Crippen molar-refractivity contribution in [2.45, 2.75) is 32.7 Å². The van der Waals surface area contributed by atoms with Crippen molar-refractivity contribution in [1.29, 1.82) is 0 Å². The first-order valence-corrected chi connectivity index (χ1v) is 6.07. The molecule has 0 unspecified atom stereocenters. The zero-order valence-corrected chi connectivity index (χ0v) is 11.0. The molecule has 1 aromatic carbocycles. The zero-order valence-electron chi connectivity index (χ0n) is 11.0. The van der Waals surface area contributed by atoms with Crippen molar-refractivity contribution in [2.75, 3.05) is 0 Å². The van der Waals surface area contributed by atoms with E-state index in [2.05, 4.69) is 10.2 Å². The predicted octanol–water partition coefficient (Wildman–Crippen LogP) is 3.04. The number of benzene rings is 1. The largest absolute Gasteiger partial charge is 0.416 e. The smallest absolute Gasteiger partial charge is 0.388 e. The molecule has 0 fully saturated rings. The number of alkyl halides is 3. The molecule has 0 spiro atoms. The fourth-order valence-corrected chi connectivity index (χ4v) is 1.98. The lowest BCUT2D eigenvalue weighted by Crippen LogP contribution is -2.08. The van der Waals surface area contributed by atoms with Crippen LogP contribution in [0.4, 0.5) is 13.2 Å². The van der Waals surface area contributed by atoms with Crippen molar-refractivity contribution in [3.8, 4) is 11.4 Å². The van der Waals surface area contributed by atoms with Gasteiger partial charge in [0.05, 0.1) is 5.56 Å². The van der Waals surface area contributed by atoms with Gasteiger partial charge in [0.15, 0.2) is 11.6 Å². The van der Waals surface area contributed by atoms with E-state index in [4.69, 9.17) is 0 Å². The van der Waals surface area contributed by atoms with Crippen molar-refractivity contribution >= 4 is 0 Å². The molecule has 0 aliphatic carbocycles. The van der Waals surface area contributed by atoms with Crippen LogP contribution in [0.15, 0.2) is 24.3 Å². The molecule has 0 amide bonds. The molecule has 1 N–H and O–H groups in total. The van der Waals surface area contributed by atoms with Gasteiger partial charge in [0.25, 0.3) is 0 Å². The first-order valence-electron chi connectivity index (χ1n) is 6.07. The third-order valence-electron chi connectivity index (χ3n) is 2.89. The number of halogens is 3. The van der Waals surface area contributed by atoms with Crippen LogP contribution < -0.4 is 0 Å². The van der Waals surface area contributed by atoms with Gasteiger partial charge in [-0.15, -0.1) is 10.2 Å². The van der Waals surface area contributed by atoms with Crippen LogP contribution in [0.5, 0.6) is 0 Å². The lowest BCUT2D eigenvalue weighted by atomic mass is 10.1. The molecule has 0 aliphatic heterocycles. The Hall–Kier alpha value is -1.89. The maximum absolute atomic E-state index is 12.5. The van der Waals surface area contributed by atoms with Crippen molar-refractivity contribution < 1.29 is 18.3 Å². The molecular weight excluding hydrogens is 271 g/mol. The van der Waals surface area contributed by atoms with E-state index in [1.807, 2.05) is 13.8 Å². The maximum atomic E-state index is 12.5. The second-order valence-electron chi connectivity index (χ2n) is 4.64. The topological polar surface area (TPSA) is 50.9 Å². The van der Waals surface area contributed by atoms with Crippen molar-refractivity contribution in [1.82, 2.24) is 14.8 Å². The lowest BCUT2D eigenvalue weighted by Gasteiger charge is -2.13. The number of aliphatic hydroxyl groups excluding tert-OH is 1. The number of aliphatic hydroxyl groups is 1. The van der Waals surface area contributed by atoms with Crippen LogP contribution in [0.1, 0.15) is 31.3 Å². The van der Waals surface area contributed by atoms with Crippen molar-refractivity contribution in [2.24, 2.45) is 0 Å². The van der Waals surface area contributed by atoms with E-state index in [1.54, 1.807) is 4.57 Å². The average molecular weight is 285 g/mol. The van der Waals surface area contributed by atoms with Crippen molar-refractivity contribution in [3.05, 3.63) is 35.7 Å². The standard InChI is InChI=1S/C13H14F3N3O/c1-8(2)19-11(7-20)17-18-12(19)9-3-5-10(6-4-9)13(14,15)16/h3-6,8,20H,7H2,1-2H3. The highest BCUT2D eigenvalue weighted by Gasteiger charge is 2.30. The molecule has 0 saturated heterocycles. The van der Waals surface area contributed by atoms with E-state index >= 15 is 0 Å². The predicted molar refractivity (Wildman–Crippen MR) is 66.8 cm³/mol. The van der Waals surface area contributed by atoms with Crippen LogP contribution in [0.3, 0.4) is 0 Å². The molecule has 108 valence electrons. The molecule has 0 atom stereocenters. The molecule has 4 nitrogen and oxygen atoms in total. The molecule has 7 heteroatoms. The highest BCUT2D eigenvalue weighted by Crippen LogP contribution is 2.31. The summed E-state index contributed by atoms with van der Waals surface area (Å²) in [5, 5.41) is 17.0. The summed E-state index contributed by atoms with van der Waals surface area (Å²) < 4.78 is 39.3. The van der Waals surface area contributed by atoms with E-state index in [0.29, 0.717) is 17.2 Å². The van der Waals surface area contributed by atoms with E-state index in [1.165, 1.54) is 12.1 Å². The lowest BCUT2D eigenvalue weighted by molar-refractivity contribution is -0.137. The monoisotopic (exact) mass is 285 g/mol. The van der Waals surface area contributed by atoms with Crippen LogP contribution in [-0.4, -0.2) is 19.9 Å². The molecular formula is C13H14F3N3O. The Morgan fingerprint density at radius 3 is 2.20 bits per heavy atom. The SMILES string of the molecule is CC(C)n1c(CO)nnc1-c1ccc(C(F)(F)F)cc1. The zero-order chi connectivity index (χ0) is 14.9. The summed E-state index contributed by atoms with van der Waals surface area (Å²) in [6, 6.07) is 4.71. The highest BCUT2D eigenvalue weighted by molar-refractivity contribution is 5.56. The van der Waals surface area contributed by atoms with Crippen molar-refractivity contribution in [3.63, 3.8) is 0 Å². The summed E-state index contributed by atoms with van der Waals surface area (Å²) in [5.74, 6) is 0.827. The first kappa shape index (κ1) is 14.5. The summed E-state index contributed by atoms with van der Waals surface area (Å²) in [6.45, 7) is 3.50. The van der Waals surface area contributed by atoms with Gasteiger partial charge in [-0.1, -0.05) is 12.1 Å². The third-order valence-corrected chi connectivity index (χ3v) is 2.89. The summed E-state index contributed by atoms with van der Waals surface area (Å²) in [6.07, 6.45) is -4.36. The Balaban J connectivity index is 2.45. The summed E-state index contributed by atoms with van der Waals surface area (Å²) in [7, 11) is 0. The number of nitrogens with zero attached hydrogens (tertiary/aromatic N) is 3. The van der Waals surface area contributed by atoms with Crippen LogP contribution >= 0.6 is 0 Å². The van der Waals surface area contributed by atoms with E-state index < -0.39 is 11.7 Å². The Labute approximate surface area is 113 Å². The summed E-state index contributed by atoms with van der Waals surface area (Å²) in [5.41, 5.74) is -0.182. The normalized spacial score (nSPS) is 12.2. The summed E-state index contributed by atoms with van der Waals surface area (Å²) in [4.78, 5) is 0. The minimum atomic E-state index is -4.36. The Morgan fingerprint density at radius 2 is 1.75 bits per heavy atom. The van der Waals surface area contributed by atoms with Gasteiger partial charge in [-0.2, -0.15) is 13.2 Å². The molecule has 1 aromatic heterocycles. The fourth-order valence-electron chi connectivity index (χ4n) is 1.98. The van der Waals surface area contributed by atoms with Gasteiger partial charge < -0.3 is 9.67 Å². The van der Waals surface area contributed by atoms with Gasteiger partial charge >= 0.3 is 6.18 Å². The molecule has 0 radical (unpaired) electrons. The third kappa shape index (κ3) is 2.67. The molecule has 2 aromatic rings. The minimum absolute atomic E-state index is 0.00978. The second kappa shape index (κ2) is 5.24. The molecule has 0 aliphatic rings. The summed E-state index contributed by atoms with van der Waals surface area (Å²) >= 11 is 0. The van der Waals surface area contributed by atoms with Crippen LogP contribution in [0.2, 0.25) is 0 Å². The number of rotatable bonds is 3. The van der Waals surface area contributed by atoms with Crippen LogP contribution in [-0.2, 0) is 12.8 Å². The van der Waals surface area contributed by atoms with E-state index in [9.17, 15) is 18.3 Å². The van der Waals surface area contributed by atoms with Gasteiger partial charge in [-0.3, -0.25) is 0 Å². The highest BCUT2D eigenvalue weighted by atomic mass is 19.4. The number of aromatic nitrogens is 3. The number of hydrogen-bond acceptors (Lipinski definition) is 3. The Kier molecular flexibility index (Phi) is 3.80. The average Bonchev–Trinajstić information content (AvgIpc) is 2.81. The van der Waals surface area contributed by atoms with Gasteiger partial charge in [0.1, 0.15) is 6.61 Å². The minimum Gasteiger partial charge on any atom is -0.388 e. The second-order valence-corrected chi connectivity index (χ2v) is 4.64. The molecule has 0 bridgehead atoms. The molecule has 0 saturated carbocycles. The molecule has 2 rings (SSSR count). The van der Waals surface area contributed by atoms with E-state index in [-0.39, 0.29) is 12.6 Å². The van der Waals surface area contributed by atoms with Crippen LogP contribution in [0.25, 0.3) is 11.4 Å². The van der Waals surface area contributed by atoms with E-state index in [0.717, 1.165) is 12.1 Å². The fraction of sp³-hybridized carbons (Fsp3) is 0.385. The molecule has 20 heavy (non-hydrogen) atoms. The molecule has 1 heterocycles. The van der Waals surface area contributed by atoms with Gasteiger partial charge in [-0.05, 0) is 26.0 Å².